The van der Waals surface area contributed by atoms with Gasteiger partial charge in [0.1, 0.15) is 23.1 Å². The van der Waals surface area contributed by atoms with Crippen molar-refractivity contribution >= 4 is 23.3 Å². The lowest BCUT2D eigenvalue weighted by molar-refractivity contribution is -0.141. The van der Waals surface area contributed by atoms with Crippen molar-refractivity contribution < 1.29 is 13.2 Å². The van der Waals surface area contributed by atoms with Crippen LogP contribution < -0.4 is 0 Å². The number of halogens is 3. The molecule has 2 aromatic heterocycles. The van der Waals surface area contributed by atoms with E-state index in [2.05, 4.69) is 14.3 Å². The Bertz CT molecular complexity index is 589. The third kappa shape index (κ3) is 2.77. The standard InChI is InChI=1S/C9H3F3N4S2/c10-9(11,12)6-2-1-5(3-13)7(16-6)17-8-14-4-15-18-8/h1-2,4H. The minimum atomic E-state index is -4.54. The molecule has 0 amide bonds. The minimum Gasteiger partial charge on any atom is -0.235 e. The first-order chi connectivity index (χ1) is 8.50. The van der Waals surface area contributed by atoms with Crippen LogP contribution in [-0.2, 0) is 6.18 Å². The molecule has 0 N–H and O–H groups in total. The van der Waals surface area contributed by atoms with Crippen LogP contribution in [0.25, 0.3) is 0 Å². The Balaban J connectivity index is 2.41. The van der Waals surface area contributed by atoms with Crippen LogP contribution in [0.15, 0.2) is 27.8 Å². The average Bonchev–Trinajstić information content (AvgIpc) is 2.80. The summed E-state index contributed by atoms with van der Waals surface area (Å²) in [4.78, 5) is 7.26. The number of aromatic nitrogens is 3. The summed E-state index contributed by atoms with van der Waals surface area (Å²) in [6.45, 7) is 0. The van der Waals surface area contributed by atoms with Crippen molar-refractivity contribution in [2.45, 2.75) is 15.5 Å². The molecule has 9 heteroatoms. The predicted octanol–water partition coefficient (Wildman–Crippen LogP) is 2.97. The highest BCUT2D eigenvalue weighted by atomic mass is 32.2. The van der Waals surface area contributed by atoms with Crippen LogP contribution in [0.5, 0.6) is 0 Å². The van der Waals surface area contributed by atoms with Crippen molar-refractivity contribution in [1.82, 2.24) is 14.3 Å². The monoisotopic (exact) mass is 288 g/mol. The summed E-state index contributed by atoms with van der Waals surface area (Å²) < 4.78 is 41.7. The molecule has 0 fully saturated rings. The van der Waals surface area contributed by atoms with Gasteiger partial charge < -0.3 is 0 Å². The van der Waals surface area contributed by atoms with Crippen LogP contribution in [0.2, 0.25) is 0 Å². The molecular formula is C9H3F3N4S2. The summed E-state index contributed by atoms with van der Waals surface area (Å²) in [5.41, 5.74) is -0.961. The zero-order chi connectivity index (χ0) is 13.2. The molecule has 2 heterocycles. The molecule has 0 atom stereocenters. The first-order valence-electron chi connectivity index (χ1n) is 4.43. The molecular weight excluding hydrogens is 285 g/mol. The van der Waals surface area contributed by atoms with Gasteiger partial charge in [-0.3, -0.25) is 0 Å². The van der Waals surface area contributed by atoms with Gasteiger partial charge in [0.05, 0.1) is 5.56 Å². The summed E-state index contributed by atoms with van der Waals surface area (Å²) in [7, 11) is 0. The summed E-state index contributed by atoms with van der Waals surface area (Å²) in [5, 5.41) is 8.80. The molecule has 2 rings (SSSR count). The van der Waals surface area contributed by atoms with Crippen molar-refractivity contribution in [2.24, 2.45) is 0 Å². The number of hydrogen-bond donors (Lipinski definition) is 0. The van der Waals surface area contributed by atoms with Crippen LogP contribution >= 0.6 is 23.3 Å². The van der Waals surface area contributed by atoms with Gasteiger partial charge in [0.25, 0.3) is 0 Å². The van der Waals surface area contributed by atoms with Crippen LogP contribution in [0.3, 0.4) is 0 Å². The van der Waals surface area contributed by atoms with Crippen molar-refractivity contribution in [3.63, 3.8) is 0 Å². The fraction of sp³-hybridized carbons (Fsp3) is 0.111. The highest BCUT2D eigenvalue weighted by Crippen LogP contribution is 2.33. The normalized spacial score (nSPS) is 11.2. The van der Waals surface area contributed by atoms with E-state index in [0.717, 1.165) is 35.4 Å². The Morgan fingerprint density at radius 3 is 2.67 bits per heavy atom. The first-order valence-corrected chi connectivity index (χ1v) is 6.02. The van der Waals surface area contributed by atoms with Crippen LogP contribution in [0.4, 0.5) is 13.2 Å². The highest BCUT2D eigenvalue weighted by Gasteiger charge is 2.33. The third-order valence-electron chi connectivity index (χ3n) is 1.80. The predicted molar refractivity (Wildman–Crippen MR) is 58.0 cm³/mol. The number of rotatable bonds is 2. The Morgan fingerprint density at radius 1 is 1.33 bits per heavy atom. The van der Waals surface area contributed by atoms with Crippen LogP contribution in [0, 0.1) is 11.3 Å². The molecule has 0 aliphatic heterocycles. The fourth-order valence-corrected chi connectivity index (χ4v) is 2.48. The number of nitrogens with zero attached hydrogens (tertiary/aromatic N) is 4. The second-order valence-corrected chi connectivity index (χ2v) is 4.98. The SMILES string of the molecule is N#Cc1ccc(C(F)(F)F)nc1Sc1ncns1. The zero-order valence-corrected chi connectivity index (χ0v) is 10.1. The molecule has 0 aliphatic carbocycles. The highest BCUT2D eigenvalue weighted by molar-refractivity contribution is 8.00. The van der Waals surface area contributed by atoms with E-state index in [1.54, 1.807) is 6.07 Å². The topological polar surface area (TPSA) is 62.5 Å². The lowest BCUT2D eigenvalue weighted by atomic mass is 10.2. The Labute approximate surface area is 108 Å². The van der Waals surface area contributed by atoms with E-state index < -0.39 is 11.9 Å². The minimum absolute atomic E-state index is 0.0240. The molecule has 0 unspecified atom stereocenters. The summed E-state index contributed by atoms with van der Waals surface area (Å²) in [5.74, 6) is 0. The zero-order valence-electron chi connectivity index (χ0n) is 8.47. The molecule has 0 aliphatic rings. The summed E-state index contributed by atoms with van der Waals surface area (Å²) >= 11 is 1.91. The Hall–Kier alpha value is -1.66. The number of nitriles is 1. The van der Waals surface area contributed by atoms with Gasteiger partial charge in [-0.15, -0.1) is 0 Å². The van der Waals surface area contributed by atoms with Gasteiger partial charge in [0.15, 0.2) is 4.34 Å². The van der Waals surface area contributed by atoms with Crippen molar-refractivity contribution in [2.75, 3.05) is 0 Å². The van der Waals surface area contributed by atoms with E-state index >= 15 is 0 Å². The molecule has 0 saturated heterocycles. The lowest BCUT2D eigenvalue weighted by Crippen LogP contribution is -2.08. The third-order valence-corrected chi connectivity index (χ3v) is 3.52. The molecule has 0 spiro atoms. The van der Waals surface area contributed by atoms with Gasteiger partial charge in [-0.1, -0.05) is 0 Å². The van der Waals surface area contributed by atoms with E-state index in [9.17, 15) is 13.2 Å². The molecule has 92 valence electrons. The molecule has 0 aromatic carbocycles. The maximum absolute atomic E-state index is 12.5. The van der Waals surface area contributed by atoms with Gasteiger partial charge in [-0.2, -0.15) is 22.8 Å². The molecule has 0 bridgehead atoms. The lowest BCUT2D eigenvalue weighted by Gasteiger charge is -2.07. The number of hydrogen-bond acceptors (Lipinski definition) is 6. The van der Waals surface area contributed by atoms with E-state index in [1.165, 1.54) is 6.33 Å². The largest absolute Gasteiger partial charge is 0.433 e. The van der Waals surface area contributed by atoms with E-state index in [0.29, 0.717) is 4.34 Å². The maximum Gasteiger partial charge on any atom is 0.433 e. The first kappa shape index (κ1) is 12.8. The number of pyridine rings is 1. The smallest absolute Gasteiger partial charge is 0.235 e. The molecule has 0 radical (unpaired) electrons. The van der Waals surface area contributed by atoms with Crippen molar-refractivity contribution in [3.8, 4) is 6.07 Å². The van der Waals surface area contributed by atoms with Gasteiger partial charge in [-0.05, 0) is 35.4 Å². The number of alkyl halides is 3. The molecule has 2 aromatic rings. The quantitative estimate of drug-likeness (QED) is 0.850. The molecule has 18 heavy (non-hydrogen) atoms. The van der Waals surface area contributed by atoms with Gasteiger partial charge >= 0.3 is 6.18 Å². The summed E-state index contributed by atoms with van der Waals surface area (Å²) in [6.07, 6.45) is -3.25. The fourth-order valence-electron chi connectivity index (χ4n) is 1.05. The maximum atomic E-state index is 12.5. The van der Waals surface area contributed by atoms with Crippen molar-refractivity contribution in [1.29, 1.82) is 5.26 Å². The molecule has 0 saturated carbocycles. The van der Waals surface area contributed by atoms with Gasteiger partial charge in [0, 0.05) is 0 Å². The second-order valence-electron chi connectivity index (χ2n) is 2.97. The average molecular weight is 288 g/mol. The van der Waals surface area contributed by atoms with E-state index in [4.69, 9.17) is 5.26 Å². The van der Waals surface area contributed by atoms with Crippen molar-refractivity contribution in [3.05, 3.63) is 29.7 Å². The van der Waals surface area contributed by atoms with E-state index in [-0.39, 0.29) is 10.6 Å². The van der Waals surface area contributed by atoms with Gasteiger partial charge in [-0.25, -0.2) is 9.97 Å². The summed E-state index contributed by atoms with van der Waals surface area (Å²) in [6, 6.07) is 3.67. The Kier molecular flexibility index (Phi) is 3.49. The van der Waals surface area contributed by atoms with Crippen LogP contribution in [-0.4, -0.2) is 14.3 Å². The van der Waals surface area contributed by atoms with E-state index in [1.807, 2.05) is 0 Å². The Morgan fingerprint density at radius 2 is 2.11 bits per heavy atom. The van der Waals surface area contributed by atoms with Gasteiger partial charge in [0.2, 0.25) is 0 Å². The second kappa shape index (κ2) is 4.91. The van der Waals surface area contributed by atoms with Crippen LogP contribution in [0.1, 0.15) is 11.3 Å². The molecule has 4 nitrogen and oxygen atoms in total.